The molecule has 1 saturated carbocycles. The van der Waals surface area contributed by atoms with Gasteiger partial charge in [-0.1, -0.05) is 12.8 Å². The lowest BCUT2D eigenvalue weighted by atomic mass is 9.86. The summed E-state index contributed by atoms with van der Waals surface area (Å²) in [4.78, 5) is 12.1. The monoisotopic (exact) mass is 232 g/mol. The molecule has 1 heterocycles. The summed E-state index contributed by atoms with van der Waals surface area (Å²) in [5, 5.41) is 18.7. The summed E-state index contributed by atoms with van der Waals surface area (Å²) in [6, 6.07) is 2.07. The van der Waals surface area contributed by atoms with Crippen molar-refractivity contribution in [1.29, 1.82) is 5.26 Å². The van der Waals surface area contributed by atoms with E-state index in [1.165, 1.54) is 0 Å². The Morgan fingerprint density at radius 1 is 1.65 bits per heavy atom. The normalized spacial score (nSPS) is 19.5. The van der Waals surface area contributed by atoms with Crippen molar-refractivity contribution in [3.8, 4) is 6.07 Å². The van der Waals surface area contributed by atoms with Crippen LogP contribution in [0, 0.1) is 16.7 Å². The minimum absolute atomic E-state index is 0.118. The van der Waals surface area contributed by atoms with Gasteiger partial charge in [0, 0.05) is 11.8 Å². The van der Waals surface area contributed by atoms with Crippen LogP contribution < -0.4 is 5.32 Å². The lowest BCUT2D eigenvalue weighted by Crippen LogP contribution is -2.39. The molecule has 0 bridgehead atoms. The van der Waals surface area contributed by atoms with Crippen LogP contribution in [0.5, 0.6) is 0 Å². The Kier molecular flexibility index (Phi) is 3.14. The Bertz CT molecular complexity index is 426. The summed E-state index contributed by atoms with van der Waals surface area (Å²) in [7, 11) is 0. The minimum atomic E-state index is -0.808. The van der Waals surface area contributed by atoms with Gasteiger partial charge in [-0.05, 0) is 19.8 Å². The van der Waals surface area contributed by atoms with Gasteiger partial charge < -0.3 is 5.32 Å². The van der Waals surface area contributed by atoms with Crippen LogP contribution in [0.15, 0.2) is 12.4 Å². The summed E-state index contributed by atoms with van der Waals surface area (Å²) in [6.07, 6.45) is 6.69. The van der Waals surface area contributed by atoms with Crippen molar-refractivity contribution < 1.29 is 4.79 Å². The fourth-order valence-electron chi connectivity index (χ4n) is 2.28. The van der Waals surface area contributed by atoms with Gasteiger partial charge in [0.25, 0.3) is 0 Å². The van der Waals surface area contributed by atoms with Gasteiger partial charge in [-0.25, -0.2) is 0 Å². The summed E-state index contributed by atoms with van der Waals surface area (Å²) in [5.74, 6) is -0.147. The van der Waals surface area contributed by atoms with Gasteiger partial charge in [-0.15, -0.1) is 0 Å². The first-order valence-electron chi connectivity index (χ1n) is 5.89. The quantitative estimate of drug-likeness (QED) is 0.831. The van der Waals surface area contributed by atoms with Crippen molar-refractivity contribution in [2.24, 2.45) is 5.41 Å². The molecule has 1 aliphatic carbocycles. The molecule has 1 aromatic heterocycles. The van der Waals surface area contributed by atoms with E-state index >= 15 is 0 Å². The first-order valence-corrected chi connectivity index (χ1v) is 5.89. The SMILES string of the molecule is CC(NC(=O)C1(C#N)CCCC1)c1cn[nH]c1. The minimum Gasteiger partial charge on any atom is -0.348 e. The van der Waals surface area contributed by atoms with E-state index in [9.17, 15) is 10.1 Å². The molecule has 5 nitrogen and oxygen atoms in total. The average molecular weight is 232 g/mol. The van der Waals surface area contributed by atoms with Crippen LogP contribution in [0.3, 0.4) is 0 Å². The molecule has 90 valence electrons. The third kappa shape index (κ3) is 2.16. The third-order valence-corrected chi connectivity index (χ3v) is 3.47. The largest absolute Gasteiger partial charge is 0.348 e. The number of hydrogen-bond acceptors (Lipinski definition) is 3. The molecule has 0 aromatic carbocycles. The molecule has 1 amide bonds. The fraction of sp³-hybridized carbons (Fsp3) is 0.583. The second-order valence-corrected chi connectivity index (χ2v) is 4.63. The van der Waals surface area contributed by atoms with Crippen molar-refractivity contribution in [1.82, 2.24) is 15.5 Å². The van der Waals surface area contributed by atoms with E-state index in [4.69, 9.17) is 0 Å². The number of H-pyrrole nitrogens is 1. The van der Waals surface area contributed by atoms with Crippen LogP contribution in [0.2, 0.25) is 0 Å². The molecule has 2 N–H and O–H groups in total. The predicted molar refractivity (Wildman–Crippen MR) is 61.7 cm³/mol. The Balaban J connectivity index is 2.04. The highest BCUT2D eigenvalue weighted by Gasteiger charge is 2.41. The molecule has 0 saturated heterocycles. The van der Waals surface area contributed by atoms with Crippen LogP contribution in [0.25, 0.3) is 0 Å². The van der Waals surface area contributed by atoms with Gasteiger partial charge in [0.2, 0.25) is 5.91 Å². The number of rotatable bonds is 3. The molecule has 5 heteroatoms. The van der Waals surface area contributed by atoms with E-state index in [0.29, 0.717) is 12.8 Å². The molecule has 17 heavy (non-hydrogen) atoms. The van der Waals surface area contributed by atoms with E-state index in [1.54, 1.807) is 12.4 Å². The molecule has 0 aliphatic heterocycles. The Labute approximate surface area is 100 Å². The van der Waals surface area contributed by atoms with Gasteiger partial charge in [0.1, 0.15) is 5.41 Å². The van der Waals surface area contributed by atoms with Crippen molar-refractivity contribution in [2.45, 2.75) is 38.6 Å². The van der Waals surface area contributed by atoms with E-state index < -0.39 is 5.41 Å². The zero-order valence-electron chi connectivity index (χ0n) is 9.86. The molecule has 1 aromatic rings. The average Bonchev–Trinajstić information content (AvgIpc) is 3.01. The Hall–Kier alpha value is -1.83. The number of nitrogens with zero attached hydrogens (tertiary/aromatic N) is 2. The summed E-state index contributed by atoms with van der Waals surface area (Å²) in [6.45, 7) is 1.89. The second-order valence-electron chi connectivity index (χ2n) is 4.63. The zero-order chi connectivity index (χ0) is 12.3. The van der Waals surface area contributed by atoms with Crippen molar-refractivity contribution in [2.75, 3.05) is 0 Å². The first-order chi connectivity index (χ1) is 8.18. The molecule has 1 unspecified atom stereocenters. The van der Waals surface area contributed by atoms with E-state index in [1.807, 2.05) is 6.92 Å². The van der Waals surface area contributed by atoms with Gasteiger partial charge in [0.15, 0.2) is 0 Å². The van der Waals surface area contributed by atoms with Gasteiger partial charge in [0.05, 0.1) is 18.3 Å². The van der Waals surface area contributed by atoms with E-state index in [0.717, 1.165) is 18.4 Å². The maximum absolute atomic E-state index is 12.1. The van der Waals surface area contributed by atoms with Crippen LogP contribution >= 0.6 is 0 Å². The molecular weight excluding hydrogens is 216 g/mol. The molecule has 0 spiro atoms. The Morgan fingerprint density at radius 2 is 2.35 bits per heavy atom. The van der Waals surface area contributed by atoms with Crippen molar-refractivity contribution >= 4 is 5.91 Å². The summed E-state index contributed by atoms with van der Waals surface area (Å²) >= 11 is 0. The van der Waals surface area contributed by atoms with E-state index in [2.05, 4.69) is 21.6 Å². The number of hydrogen-bond donors (Lipinski definition) is 2. The van der Waals surface area contributed by atoms with Crippen LogP contribution in [0.4, 0.5) is 0 Å². The number of aromatic amines is 1. The molecule has 1 fully saturated rings. The smallest absolute Gasteiger partial charge is 0.240 e. The van der Waals surface area contributed by atoms with Gasteiger partial charge >= 0.3 is 0 Å². The standard InChI is InChI=1S/C12H16N4O/c1-9(10-6-14-15-7-10)16-11(17)12(8-13)4-2-3-5-12/h6-7,9H,2-5H2,1H3,(H,14,15)(H,16,17). The zero-order valence-corrected chi connectivity index (χ0v) is 9.86. The molecule has 2 rings (SSSR count). The number of carbonyl (C=O) groups is 1. The van der Waals surface area contributed by atoms with Crippen molar-refractivity contribution in [3.63, 3.8) is 0 Å². The molecule has 0 radical (unpaired) electrons. The number of carbonyl (C=O) groups excluding carboxylic acids is 1. The highest BCUT2D eigenvalue weighted by molar-refractivity contribution is 5.86. The van der Waals surface area contributed by atoms with Crippen molar-refractivity contribution in [3.05, 3.63) is 18.0 Å². The van der Waals surface area contributed by atoms with Crippen LogP contribution in [0.1, 0.15) is 44.2 Å². The second kappa shape index (κ2) is 4.58. The Morgan fingerprint density at radius 3 is 2.88 bits per heavy atom. The lowest BCUT2D eigenvalue weighted by molar-refractivity contribution is -0.128. The predicted octanol–water partition coefficient (Wildman–Crippen LogP) is 1.67. The number of nitriles is 1. The van der Waals surface area contributed by atoms with Gasteiger partial charge in [-0.2, -0.15) is 10.4 Å². The summed E-state index contributed by atoms with van der Waals surface area (Å²) in [5.41, 5.74) is 0.113. The maximum atomic E-state index is 12.1. The molecule has 1 aliphatic rings. The van der Waals surface area contributed by atoms with Gasteiger partial charge in [-0.3, -0.25) is 9.89 Å². The number of nitrogens with one attached hydrogen (secondary N) is 2. The highest BCUT2D eigenvalue weighted by atomic mass is 16.2. The van der Waals surface area contributed by atoms with E-state index in [-0.39, 0.29) is 11.9 Å². The topological polar surface area (TPSA) is 81.6 Å². The number of aromatic nitrogens is 2. The first kappa shape index (κ1) is 11.6. The highest BCUT2D eigenvalue weighted by Crippen LogP contribution is 2.38. The third-order valence-electron chi connectivity index (χ3n) is 3.47. The van der Waals surface area contributed by atoms with Crippen LogP contribution in [-0.4, -0.2) is 16.1 Å². The molecular formula is C12H16N4O. The lowest BCUT2D eigenvalue weighted by Gasteiger charge is -2.22. The maximum Gasteiger partial charge on any atom is 0.240 e. The summed E-state index contributed by atoms with van der Waals surface area (Å²) < 4.78 is 0. The van der Waals surface area contributed by atoms with Crippen LogP contribution in [-0.2, 0) is 4.79 Å². The molecule has 1 atom stereocenters. The fourth-order valence-corrected chi connectivity index (χ4v) is 2.28. The number of amides is 1.